The molecule has 1 heterocycles. The number of benzene rings is 1. The Labute approximate surface area is 137 Å². The van der Waals surface area contributed by atoms with Crippen molar-refractivity contribution in [2.75, 3.05) is 19.6 Å². The van der Waals surface area contributed by atoms with Crippen molar-refractivity contribution in [2.45, 2.75) is 44.7 Å². The van der Waals surface area contributed by atoms with Crippen LogP contribution in [0.1, 0.15) is 44.2 Å². The Kier molecular flexibility index (Phi) is 5.11. The highest BCUT2D eigenvalue weighted by atomic mass is 35.5. The normalized spacial score (nSPS) is 23.7. The number of rotatable bonds is 6. The first-order valence-corrected chi connectivity index (χ1v) is 8.81. The van der Waals surface area contributed by atoms with Crippen LogP contribution in [-0.4, -0.2) is 30.6 Å². The van der Waals surface area contributed by atoms with Crippen molar-refractivity contribution in [1.82, 2.24) is 10.2 Å². The molecule has 21 heavy (non-hydrogen) atoms. The third-order valence-electron chi connectivity index (χ3n) is 4.76. The number of nitrogens with zero attached hydrogens (tertiary/aromatic N) is 1. The topological polar surface area (TPSA) is 15.3 Å². The fourth-order valence-electron chi connectivity index (χ4n) is 3.25. The van der Waals surface area contributed by atoms with Gasteiger partial charge >= 0.3 is 0 Å². The quantitative estimate of drug-likeness (QED) is 0.826. The minimum absolute atomic E-state index is 0.319. The predicted octanol–water partition coefficient (Wildman–Crippen LogP) is 4.52. The van der Waals surface area contributed by atoms with Crippen molar-refractivity contribution < 1.29 is 0 Å². The lowest BCUT2D eigenvalue weighted by molar-refractivity contribution is 0.184. The van der Waals surface area contributed by atoms with Gasteiger partial charge in [-0.1, -0.05) is 23.2 Å². The van der Waals surface area contributed by atoms with Gasteiger partial charge in [-0.3, -0.25) is 4.90 Å². The van der Waals surface area contributed by atoms with Gasteiger partial charge < -0.3 is 5.32 Å². The van der Waals surface area contributed by atoms with Crippen LogP contribution < -0.4 is 5.32 Å². The van der Waals surface area contributed by atoms with Gasteiger partial charge in [0.2, 0.25) is 0 Å². The summed E-state index contributed by atoms with van der Waals surface area (Å²) in [6.07, 6.45) is 5.35. The predicted molar refractivity (Wildman–Crippen MR) is 90.2 cm³/mol. The average molecular weight is 327 g/mol. The van der Waals surface area contributed by atoms with E-state index in [1.807, 2.05) is 18.2 Å². The molecule has 4 heteroatoms. The van der Waals surface area contributed by atoms with Gasteiger partial charge in [0.15, 0.2) is 0 Å². The zero-order valence-corrected chi connectivity index (χ0v) is 14.1. The smallest absolute Gasteiger partial charge is 0.0454 e. The summed E-state index contributed by atoms with van der Waals surface area (Å²) in [5, 5.41) is 5.21. The van der Waals surface area contributed by atoms with Crippen LogP contribution in [0.5, 0.6) is 0 Å². The molecular weight excluding hydrogens is 303 g/mol. The number of hydrogen-bond acceptors (Lipinski definition) is 2. The minimum atomic E-state index is 0.319. The molecule has 116 valence electrons. The van der Waals surface area contributed by atoms with Crippen LogP contribution in [0.25, 0.3) is 0 Å². The van der Waals surface area contributed by atoms with Crippen LogP contribution in [0.3, 0.4) is 0 Å². The van der Waals surface area contributed by atoms with E-state index in [-0.39, 0.29) is 0 Å². The number of nitrogens with one attached hydrogen (secondary N) is 1. The molecule has 0 spiro atoms. The van der Waals surface area contributed by atoms with Gasteiger partial charge in [0.25, 0.3) is 0 Å². The summed E-state index contributed by atoms with van der Waals surface area (Å²) in [5.41, 5.74) is 1.16. The highest BCUT2D eigenvalue weighted by molar-refractivity contribution is 6.33. The molecule has 2 fully saturated rings. The molecule has 3 rings (SSSR count). The second-order valence-corrected chi connectivity index (χ2v) is 7.38. The molecule has 1 aromatic rings. The van der Waals surface area contributed by atoms with E-state index in [9.17, 15) is 0 Å². The Morgan fingerprint density at radius 2 is 2.05 bits per heavy atom. The summed E-state index contributed by atoms with van der Waals surface area (Å²) < 4.78 is 0. The van der Waals surface area contributed by atoms with Crippen LogP contribution in [0.4, 0.5) is 0 Å². The highest BCUT2D eigenvalue weighted by Gasteiger charge is 2.30. The van der Waals surface area contributed by atoms with Crippen LogP contribution in [-0.2, 0) is 0 Å². The molecule has 1 aliphatic carbocycles. The summed E-state index contributed by atoms with van der Waals surface area (Å²) in [4.78, 5) is 2.60. The second kappa shape index (κ2) is 6.87. The first kappa shape index (κ1) is 15.6. The van der Waals surface area contributed by atoms with Gasteiger partial charge in [0.05, 0.1) is 0 Å². The summed E-state index contributed by atoms with van der Waals surface area (Å²) >= 11 is 12.6. The van der Waals surface area contributed by atoms with Gasteiger partial charge in [-0.05, 0) is 68.8 Å². The lowest BCUT2D eigenvalue weighted by atomic mass is 10.0. The molecule has 0 amide bonds. The Balaban J connectivity index is 1.74. The van der Waals surface area contributed by atoms with E-state index >= 15 is 0 Å². The van der Waals surface area contributed by atoms with Crippen LogP contribution in [0, 0.1) is 5.92 Å². The van der Waals surface area contributed by atoms with Crippen molar-refractivity contribution in [2.24, 2.45) is 5.92 Å². The molecule has 2 aliphatic rings. The Morgan fingerprint density at radius 1 is 1.24 bits per heavy atom. The maximum atomic E-state index is 6.40. The van der Waals surface area contributed by atoms with E-state index in [1.165, 1.54) is 32.2 Å². The second-order valence-electron chi connectivity index (χ2n) is 6.53. The lowest BCUT2D eigenvalue weighted by Gasteiger charge is -2.32. The lowest BCUT2D eigenvalue weighted by Crippen LogP contribution is -2.40. The van der Waals surface area contributed by atoms with E-state index in [2.05, 4.69) is 17.1 Å². The molecule has 1 aliphatic heterocycles. The van der Waals surface area contributed by atoms with Crippen molar-refractivity contribution >= 4 is 23.2 Å². The first-order chi connectivity index (χ1) is 10.1. The molecule has 0 radical (unpaired) electrons. The molecular formula is C17H24Cl2N2. The van der Waals surface area contributed by atoms with E-state index in [0.29, 0.717) is 12.1 Å². The van der Waals surface area contributed by atoms with E-state index in [0.717, 1.165) is 34.6 Å². The summed E-state index contributed by atoms with van der Waals surface area (Å²) in [6, 6.07) is 6.75. The van der Waals surface area contributed by atoms with E-state index in [4.69, 9.17) is 23.2 Å². The molecule has 1 N–H and O–H groups in total. The van der Waals surface area contributed by atoms with Crippen molar-refractivity contribution in [3.8, 4) is 0 Å². The molecule has 1 aromatic carbocycles. The monoisotopic (exact) mass is 326 g/mol. The third kappa shape index (κ3) is 4.13. The Hall–Kier alpha value is -0.280. The van der Waals surface area contributed by atoms with Crippen molar-refractivity contribution in [1.29, 1.82) is 0 Å². The molecule has 1 saturated carbocycles. The largest absolute Gasteiger partial charge is 0.313 e. The fraction of sp³-hybridized carbons (Fsp3) is 0.647. The zero-order chi connectivity index (χ0) is 14.8. The maximum Gasteiger partial charge on any atom is 0.0454 e. The molecule has 0 aromatic heterocycles. The molecule has 2 atom stereocenters. The van der Waals surface area contributed by atoms with Crippen LogP contribution in [0.15, 0.2) is 18.2 Å². The zero-order valence-electron chi connectivity index (χ0n) is 12.6. The van der Waals surface area contributed by atoms with E-state index < -0.39 is 0 Å². The molecule has 1 saturated heterocycles. The van der Waals surface area contributed by atoms with Gasteiger partial charge in [0, 0.05) is 35.2 Å². The standard InChI is InChI=1S/C17H24Cl2N2/c1-12(16-9-14(18)6-7-17(16)19)21(10-13-4-5-13)11-15-3-2-8-20-15/h6-7,9,12-13,15,20H,2-5,8,10-11H2,1H3. The average Bonchev–Trinajstić information content (AvgIpc) is 3.13. The van der Waals surface area contributed by atoms with Gasteiger partial charge in [-0.15, -0.1) is 0 Å². The van der Waals surface area contributed by atoms with Crippen LogP contribution >= 0.6 is 23.2 Å². The van der Waals surface area contributed by atoms with Gasteiger partial charge in [0.1, 0.15) is 0 Å². The minimum Gasteiger partial charge on any atom is -0.313 e. The number of hydrogen-bond donors (Lipinski definition) is 1. The fourth-order valence-corrected chi connectivity index (χ4v) is 3.71. The Bertz CT molecular complexity index is 482. The summed E-state index contributed by atoms with van der Waals surface area (Å²) in [5.74, 6) is 0.881. The van der Waals surface area contributed by atoms with Crippen LogP contribution in [0.2, 0.25) is 10.0 Å². The highest BCUT2D eigenvalue weighted by Crippen LogP contribution is 2.35. The Morgan fingerprint density at radius 3 is 2.71 bits per heavy atom. The molecule has 2 nitrogen and oxygen atoms in total. The van der Waals surface area contributed by atoms with Gasteiger partial charge in [-0.2, -0.15) is 0 Å². The maximum absolute atomic E-state index is 6.40. The molecule has 0 bridgehead atoms. The number of halogens is 2. The summed E-state index contributed by atoms with van der Waals surface area (Å²) in [6.45, 7) is 5.71. The molecule has 2 unspecified atom stereocenters. The summed E-state index contributed by atoms with van der Waals surface area (Å²) in [7, 11) is 0. The third-order valence-corrected chi connectivity index (χ3v) is 5.34. The van der Waals surface area contributed by atoms with E-state index in [1.54, 1.807) is 0 Å². The van der Waals surface area contributed by atoms with Gasteiger partial charge in [-0.25, -0.2) is 0 Å². The van der Waals surface area contributed by atoms with Crippen molar-refractivity contribution in [3.05, 3.63) is 33.8 Å². The first-order valence-electron chi connectivity index (χ1n) is 8.06. The SMILES string of the molecule is CC(c1cc(Cl)ccc1Cl)N(CC1CC1)CC1CCCN1. The van der Waals surface area contributed by atoms with Crippen molar-refractivity contribution in [3.63, 3.8) is 0 Å².